The van der Waals surface area contributed by atoms with E-state index < -0.39 is 44.4 Å². The summed E-state index contributed by atoms with van der Waals surface area (Å²) < 4.78 is 73.3. The Morgan fingerprint density at radius 2 is 1.17 bits per heavy atom. The van der Waals surface area contributed by atoms with Crippen molar-refractivity contribution in [3.8, 4) is 0 Å². The standard InChI is InChI=1S/C25H25FN4O3S.C22H21FN4O6S2/c26-17-14-16-21(31)20(24(32)27-9-3-4-15-7-8-15)25-30(18-5-1-2-6-19(18)34-25)22(16)28-23(17)29-10-12-33-13-11-29;1-35(30,31)33-9-6-24-21(29)17-18(28)13-12-14(23)20(26-7-10-32-11-8-26)25-19(13)27-15-4-2-3-5-16(15)34-22(17)27/h1-2,5-6,14-15H,3-4,7-13H2,(H,27,32);2-5,12H,6-11H2,1H3,(H,24,29). The number of carbonyl (C=O) groups excluding carboxylic acids is 2. The zero-order valence-corrected chi connectivity index (χ0v) is 39.7. The van der Waals surface area contributed by atoms with E-state index in [4.69, 9.17) is 9.47 Å². The topological polar surface area (TPSA) is 195 Å². The van der Waals surface area contributed by atoms with Crippen LogP contribution in [0.4, 0.5) is 20.4 Å². The Balaban J connectivity index is 0.000000160. The van der Waals surface area contributed by atoms with Crippen LogP contribution in [0.3, 0.4) is 0 Å². The average molecular weight is 1000 g/mol. The summed E-state index contributed by atoms with van der Waals surface area (Å²) in [5.74, 6) is -1.24. The van der Waals surface area contributed by atoms with Gasteiger partial charge in [0.1, 0.15) is 20.8 Å². The molecule has 0 atom stereocenters. The Hall–Kier alpha value is -6.17. The second-order valence-corrected chi connectivity index (χ2v) is 20.7. The van der Waals surface area contributed by atoms with Gasteiger partial charge in [-0.1, -0.05) is 37.1 Å². The number of benzene rings is 2. The van der Waals surface area contributed by atoms with Crippen molar-refractivity contribution in [3.05, 3.63) is 104 Å². The van der Waals surface area contributed by atoms with Crippen LogP contribution in [0.15, 0.2) is 70.3 Å². The number of para-hydroxylation sites is 2. The number of thiazole rings is 2. The molecule has 3 aliphatic rings. The molecule has 0 spiro atoms. The molecule has 3 fully saturated rings. The highest BCUT2D eigenvalue weighted by molar-refractivity contribution is 7.86. The van der Waals surface area contributed by atoms with E-state index in [-0.39, 0.29) is 52.3 Å². The molecule has 1 aliphatic carbocycles. The molecular weight excluding hydrogens is 955 g/mol. The van der Waals surface area contributed by atoms with Crippen molar-refractivity contribution < 1.29 is 40.4 Å². The quantitative estimate of drug-likeness (QED) is 0.112. The predicted octanol–water partition coefficient (Wildman–Crippen LogP) is 5.70. The van der Waals surface area contributed by atoms with Crippen LogP contribution < -0.4 is 31.3 Å². The normalized spacial score (nSPS) is 15.6. The molecule has 2 aliphatic heterocycles. The third-order valence-electron chi connectivity index (χ3n) is 12.2. The number of hydrogen-bond donors (Lipinski definition) is 2. The first-order chi connectivity index (χ1) is 33.4. The highest BCUT2D eigenvalue weighted by Crippen LogP contribution is 2.35. The van der Waals surface area contributed by atoms with Gasteiger partial charge in [0.05, 0.1) is 70.5 Å². The summed E-state index contributed by atoms with van der Waals surface area (Å²) in [6.45, 7) is 3.96. The number of pyridine rings is 4. The maximum atomic E-state index is 15.2. The fraction of sp³-hybridized carbons (Fsp3) is 0.362. The van der Waals surface area contributed by atoms with Gasteiger partial charge in [-0.2, -0.15) is 8.42 Å². The molecule has 2 aromatic carbocycles. The Morgan fingerprint density at radius 1 is 0.725 bits per heavy atom. The lowest BCUT2D eigenvalue weighted by Gasteiger charge is -2.28. The van der Waals surface area contributed by atoms with Crippen molar-refractivity contribution in [2.24, 2.45) is 5.92 Å². The molecule has 0 bridgehead atoms. The molecule has 22 heteroatoms. The molecule has 2 saturated heterocycles. The van der Waals surface area contributed by atoms with Crippen molar-refractivity contribution in [3.63, 3.8) is 0 Å². The second-order valence-electron chi connectivity index (χ2n) is 17.0. The fourth-order valence-corrected chi connectivity index (χ4v) is 11.5. The van der Waals surface area contributed by atoms with Gasteiger partial charge in [0.2, 0.25) is 10.9 Å². The van der Waals surface area contributed by atoms with E-state index in [9.17, 15) is 27.6 Å². The summed E-state index contributed by atoms with van der Waals surface area (Å²) in [7, 11) is -3.67. The number of aromatic nitrogens is 4. The van der Waals surface area contributed by atoms with Gasteiger partial charge in [0, 0.05) is 39.3 Å². The smallest absolute Gasteiger partial charge is 0.264 e. The number of amides is 2. The van der Waals surface area contributed by atoms with Gasteiger partial charge < -0.3 is 29.9 Å². The van der Waals surface area contributed by atoms with Crippen LogP contribution >= 0.6 is 22.7 Å². The molecule has 1 saturated carbocycles. The van der Waals surface area contributed by atoms with Gasteiger partial charge in [-0.25, -0.2) is 18.7 Å². The molecule has 2 amide bonds. The molecule has 2 N–H and O–H groups in total. The highest BCUT2D eigenvalue weighted by Gasteiger charge is 2.28. The molecule has 11 rings (SSSR count). The van der Waals surface area contributed by atoms with Gasteiger partial charge in [0.25, 0.3) is 21.9 Å². The monoisotopic (exact) mass is 1000 g/mol. The number of ether oxygens (including phenoxy) is 2. The fourth-order valence-electron chi connectivity index (χ4n) is 8.73. The van der Waals surface area contributed by atoms with E-state index in [0.717, 1.165) is 51.5 Å². The van der Waals surface area contributed by atoms with Gasteiger partial charge in [-0.05, 0) is 55.2 Å². The molecule has 0 unspecified atom stereocenters. The zero-order chi connectivity index (χ0) is 48.0. The highest BCUT2D eigenvalue weighted by atomic mass is 32.2. The number of anilines is 2. The van der Waals surface area contributed by atoms with E-state index in [1.807, 2.05) is 57.8 Å². The summed E-state index contributed by atoms with van der Waals surface area (Å²) >= 11 is 2.62. The van der Waals surface area contributed by atoms with Crippen molar-refractivity contribution in [2.75, 3.05) is 88.4 Å². The molecule has 6 aromatic heterocycles. The first-order valence-corrected chi connectivity index (χ1v) is 26.0. The van der Waals surface area contributed by atoms with Crippen LogP contribution in [0, 0.1) is 17.6 Å². The number of halogens is 2. The Bertz CT molecular complexity index is 3560. The van der Waals surface area contributed by atoms with Crippen LogP contribution in [0.2, 0.25) is 0 Å². The minimum Gasteiger partial charge on any atom is -0.378 e. The second kappa shape index (κ2) is 19.3. The summed E-state index contributed by atoms with van der Waals surface area (Å²) in [5.41, 5.74) is 0.919. The van der Waals surface area contributed by atoms with Gasteiger partial charge in [0.15, 0.2) is 34.6 Å². The van der Waals surface area contributed by atoms with Crippen molar-refractivity contribution >= 4 is 108 Å². The summed E-state index contributed by atoms with van der Waals surface area (Å²) in [5, 5.41) is 5.52. The van der Waals surface area contributed by atoms with E-state index in [0.29, 0.717) is 74.5 Å². The van der Waals surface area contributed by atoms with Crippen molar-refractivity contribution in [1.82, 2.24) is 29.4 Å². The molecule has 69 heavy (non-hydrogen) atoms. The number of nitrogens with zero attached hydrogens (tertiary/aromatic N) is 6. The molecule has 8 aromatic rings. The number of rotatable bonds is 12. The maximum absolute atomic E-state index is 15.2. The lowest BCUT2D eigenvalue weighted by atomic mass is 10.1. The molecule has 17 nitrogen and oxygen atoms in total. The third kappa shape index (κ3) is 9.35. The average Bonchev–Trinajstić information content (AvgIpc) is 3.98. The summed E-state index contributed by atoms with van der Waals surface area (Å²) in [6, 6.07) is 17.4. The maximum Gasteiger partial charge on any atom is 0.264 e. The van der Waals surface area contributed by atoms with E-state index >= 15 is 8.78 Å². The van der Waals surface area contributed by atoms with Crippen LogP contribution in [0.25, 0.3) is 52.2 Å². The van der Waals surface area contributed by atoms with Gasteiger partial charge in [-0.15, -0.1) is 22.7 Å². The molecule has 0 radical (unpaired) electrons. The van der Waals surface area contributed by atoms with Gasteiger partial charge in [-0.3, -0.25) is 32.2 Å². The minimum atomic E-state index is -3.67. The Labute approximate surface area is 400 Å². The summed E-state index contributed by atoms with van der Waals surface area (Å²) in [4.78, 5) is 67.0. The SMILES string of the molecule is CS(=O)(=O)OCCNC(=O)c1c(=O)c2cc(F)c(N3CCOCC3)nc2n2c1sc1ccccc12.O=C(NCCCC1CC1)c1c(=O)c2cc(F)c(N3CCOCC3)nc2n2c1sc1ccccc12. The van der Waals surface area contributed by atoms with E-state index in [2.05, 4.69) is 24.8 Å². The number of morpholine rings is 2. The number of fused-ring (bicyclic) bond motifs is 10. The van der Waals surface area contributed by atoms with Crippen LogP contribution in [0.5, 0.6) is 0 Å². The van der Waals surface area contributed by atoms with Crippen molar-refractivity contribution in [2.45, 2.75) is 25.7 Å². The zero-order valence-electron chi connectivity index (χ0n) is 37.3. The predicted molar refractivity (Wildman–Crippen MR) is 262 cm³/mol. The van der Waals surface area contributed by atoms with E-state index in [1.54, 1.807) is 9.30 Å². The number of nitrogens with one attached hydrogen (secondary N) is 2. The number of carbonyl (C=O) groups is 2. The molecule has 360 valence electrons. The first kappa shape index (κ1) is 46.6. The van der Waals surface area contributed by atoms with Gasteiger partial charge >= 0.3 is 0 Å². The van der Waals surface area contributed by atoms with Crippen molar-refractivity contribution in [1.29, 1.82) is 0 Å². The lowest BCUT2D eigenvalue weighted by molar-refractivity contribution is 0.0942. The Kier molecular flexibility index (Phi) is 13.0. The number of hydrogen-bond acceptors (Lipinski definition) is 15. The van der Waals surface area contributed by atoms with Crippen LogP contribution in [-0.2, 0) is 23.8 Å². The molecule has 8 heterocycles. The van der Waals surface area contributed by atoms with Crippen LogP contribution in [-0.4, -0.2) is 118 Å². The lowest BCUT2D eigenvalue weighted by Crippen LogP contribution is -2.37. The largest absolute Gasteiger partial charge is 0.378 e. The minimum absolute atomic E-state index is 0.0295. The summed E-state index contributed by atoms with van der Waals surface area (Å²) in [6.07, 6.45) is 5.42. The third-order valence-corrected chi connectivity index (χ3v) is 15.1. The van der Waals surface area contributed by atoms with Crippen LogP contribution in [0.1, 0.15) is 46.4 Å². The first-order valence-electron chi connectivity index (χ1n) is 22.6. The molecular formula is C47H46F2N8O9S3. The van der Waals surface area contributed by atoms with E-state index in [1.165, 1.54) is 41.6 Å². The Morgan fingerprint density at radius 3 is 1.62 bits per heavy atom.